The van der Waals surface area contributed by atoms with Gasteiger partial charge < -0.3 is 0 Å². The van der Waals surface area contributed by atoms with Crippen molar-refractivity contribution in [3.05, 3.63) is 0 Å². The van der Waals surface area contributed by atoms with E-state index in [4.69, 9.17) is 0 Å². The van der Waals surface area contributed by atoms with E-state index in [1.54, 1.807) is 7.85 Å². The molecule has 10 heavy (non-hydrogen) atoms. The summed E-state index contributed by atoms with van der Waals surface area (Å²) in [6, 6.07) is 0. The second-order valence-corrected chi connectivity index (χ2v) is 3.43. The topological polar surface area (TPSA) is 0 Å². The monoisotopic (exact) mass is 142 g/mol. The summed E-state index contributed by atoms with van der Waals surface area (Å²) in [6.45, 7) is 0. The van der Waals surface area contributed by atoms with Crippen molar-refractivity contribution < 1.29 is 4.39 Å². The summed E-state index contributed by atoms with van der Waals surface area (Å²) in [5.74, 6) is 0.377. The van der Waals surface area contributed by atoms with Crippen LogP contribution in [0.1, 0.15) is 38.5 Å². The predicted molar refractivity (Wildman–Crippen MR) is 44.6 cm³/mol. The van der Waals surface area contributed by atoms with Gasteiger partial charge in [0, 0.05) is 0 Å². The standard InChI is InChI=1S/C8H16BF/c9-8(10)7-5-3-1-2-4-6-7/h7-8H,1-6,9H2. The summed E-state index contributed by atoms with van der Waals surface area (Å²) in [5, 5.41) is 0. The lowest BCUT2D eigenvalue weighted by Crippen LogP contribution is -2.14. The Morgan fingerprint density at radius 3 is 2.00 bits per heavy atom. The molecule has 1 aliphatic carbocycles. The van der Waals surface area contributed by atoms with Crippen LogP contribution >= 0.6 is 0 Å². The quantitative estimate of drug-likeness (QED) is 0.387. The smallest absolute Gasteiger partial charge is 0.146 e. The van der Waals surface area contributed by atoms with Gasteiger partial charge in [-0.25, -0.2) is 0 Å². The Balaban J connectivity index is 2.28. The molecule has 1 saturated carbocycles. The average Bonchev–Trinajstić information content (AvgIpc) is 2.12. The SMILES string of the molecule is BC(F)C1CCCCCC1. The van der Waals surface area contributed by atoms with E-state index >= 15 is 0 Å². The molecule has 0 spiro atoms. The second kappa shape index (κ2) is 4.00. The molecule has 1 unspecified atom stereocenters. The van der Waals surface area contributed by atoms with E-state index < -0.39 is 6.07 Å². The van der Waals surface area contributed by atoms with Crippen LogP contribution in [0.4, 0.5) is 4.39 Å². The van der Waals surface area contributed by atoms with Gasteiger partial charge in [0.25, 0.3) is 0 Å². The van der Waals surface area contributed by atoms with Crippen molar-refractivity contribution in [3.8, 4) is 0 Å². The maximum Gasteiger partial charge on any atom is 0.146 e. The van der Waals surface area contributed by atoms with E-state index in [0.717, 1.165) is 12.8 Å². The van der Waals surface area contributed by atoms with E-state index in [1.807, 2.05) is 0 Å². The molecule has 0 bridgehead atoms. The van der Waals surface area contributed by atoms with E-state index in [-0.39, 0.29) is 0 Å². The first-order valence-corrected chi connectivity index (χ1v) is 4.45. The van der Waals surface area contributed by atoms with Crippen LogP contribution in [0.15, 0.2) is 0 Å². The third-order valence-electron chi connectivity index (χ3n) is 2.55. The zero-order valence-corrected chi connectivity index (χ0v) is 6.78. The summed E-state index contributed by atoms with van der Waals surface area (Å²) >= 11 is 0. The maximum atomic E-state index is 12.8. The largest absolute Gasteiger partial charge is 0.257 e. The molecule has 0 saturated heterocycles. The molecule has 0 aliphatic heterocycles. The van der Waals surface area contributed by atoms with Crippen LogP contribution in [-0.4, -0.2) is 13.9 Å². The molecule has 0 amide bonds. The van der Waals surface area contributed by atoms with Crippen LogP contribution in [0.2, 0.25) is 0 Å². The minimum atomic E-state index is -0.571. The lowest BCUT2D eigenvalue weighted by Gasteiger charge is -2.14. The van der Waals surface area contributed by atoms with Crippen molar-refractivity contribution in [2.75, 3.05) is 0 Å². The molecule has 0 N–H and O–H groups in total. The summed E-state index contributed by atoms with van der Waals surface area (Å²) in [5.41, 5.74) is 0. The zero-order chi connectivity index (χ0) is 7.40. The molecule has 0 aromatic carbocycles. The Hall–Kier alpha value is -0.00506. The van der Waals surface area contributed by atoms with Crippen molar-refractivity contribution in [1.82, 2.24) is 0 Å². The predicted octanol–water partition coefficient (Wildman–Crippen LogP) is 1.89. The number of hydrogen-bond donors (Lipinski definition) is 0. The fourth-order valence-corrected chi connectivity index (χ4v) is 1.77. The molecule has 58 valence electrons. The van der Waals surface area contributed by atoms with Crippen molar-refractivity contribution in [3.63, 3.8) is 0 Å². The normalized spacial score (nSPS) is 25.7. The van der Waals surface area contributed by atoms with Gasteiger partial charge in [-0.05, 0) is 18.8 Å². The molecule has 0 nitrogen and oxygen atoms in total. The fourth-order valence-electron chi connectivity index (χ4n) is 1.77. The Bertz CT molecular complexity index is 85.3. The fraction of sp³-hybridized carbons (Fsp3) is 1.00. The van der Waals surface area contributed by atoms with Crippen LogP contribution in [0.3, 0.4) is 0 Å². The van der Waals surface area contributed by atoms with E-state index in [9.17, 15) is 4.39 Å². The Kier molecular flexibility index (Phi) is 3.23. The number of halogens is 1. The van der Waals surface area contributed by atoms with Gasteiger partial charge in [0.2, 0.25) is 0 Å². The van der Waals surface area contributed by atoms with Crippen LogP contribution in [0, 0.1) is 5.92 Å². The van der Waals surface area contributed by atoms with E-state index in [1.165, 1.54) is 25.7 Å². The Labute approximate surface area is 63.6 Å². The molecule has 0 radical (unpaired) electrons. The highest BCUT2D eigenvalue weighted by molar-refractivity contribution is 6.11. The first kappa shape index (κ1) is 8.09. The van der Waals surface area contributed by atoms with Gasteiger partial charge >= 0.3 is 0 Å². The molecule has 0 aromatic rings. The van der Waals surface area contributed by atoms with Crippen LogP contribution in [0.5, 0.6) is 0 Å². The molecule has 0 heterocycles. The molecule has 0 aromatic heterocycles. The number of hydrogen-bond acceptors (Lipinski definition) is 0. The summed E-state index contributed by atoms with van der Waals surface area (Å²) in [6.07, 6.45) is 6.82. The van der Waals surface area contributed by atoms with Gasteiger partial charge in [-0.15, -0.1) is 0 Å². The first-order chi connectivity index (χ1) is 4.80. The molecule has 1 fully saturated rings. The highest BCUT2D eigenvalue weighted by atomic mass is 19.1. The minimum Gasteiger partial charge on any atom is -0.257 e. The summed E-state index contributed by atoms with van der Waals surface area (Å²) in [7, 11) is 1.70. The van der Waals surface area contributed by atoms with Crippen LogP contribution in [0.25, 0.3) is 0 Å². The highest BCUT2D eigenvalue weighted by Crippen LogP contribution is 2.25. The third-order valence-corrected chi connectivity index (χ3v) is 2.55. The lowest BCUT2D eigenvalue weighted by atomic mass is 9.84. The first-order valence-electron chi connectivity index (χ1n) is 4.45. The number of rotatable bonds is 1. The van der Waals surface area contributed by atoms with Gasteiger partial charge in [-0.1, -0.05) is 25.7 Å². The maximum absolute atomic E-state index is 12.8. The molecular formula is C8H16BF. The molecule has 2 heteroatoms. The van der Waals surface area contributed by atoms with Crippen molar-refractivity contribution >= 4 is 7.85 Å². The minimum absolute atomic E-state index is 0.377. The van der Waals surface area contributed by atoms with Crippen molar-refractivity contribution in [1.29, 1.82) is 0 Å². The third kappa shape index (κ3) is 2.32. The van der Waals surface area contributed by atoms with Gasteiger partial charge in [0.15, 0.2) is 0 Å². The molecule has 1 atom stereocenters. The van der Waals surface area contributed by atoms with Crippen molar-refractivity contribution in [2.24, 2.45) is 5.92 Å². The summed E-state index contributed by atoms with van der Waals surface area (Å²) < 4.78 is 12.8. The Morgan fingerprint density at radius 2 is 1.60 bits per heavy atom. The number of alkyl halides is 1. The Morgan fingerprint density at radius 1 is 1.10 bits per heavy atom. The van der Waals surface area contributed by atoms with Crippen LogP contribution < -0.4 is 0 Å². The highest BCUT2D eigenvalue weighted by Gasteiger charge is 2.17. The second-order valence-electron chi connectivity index (χ2n) is 3.43. The van der Waals surface area contributed by atoms with Gasteiger partial charge in [0.05, 0.1) is 6.07 Å². The van der Waals surface area contributed by atoms with E-state index in [2.05, 4.69) is 0 Å². The summed E-state index contributed by atoms with van der Waals surface area (Å²) in [4.78, 5) is 0. The molecular weight excluding hydrogens is 126 g/mol. The lowest BCUT2D eigenvalue weighted by molar-refractivity contribution is 0.289. The van der Waals surface area contributed by atoms with Gasteiger partial charge in [-0.3, -0.25) is 4.39 Å². The molecule has 1 aliphatic rings. The van der Waals surface area contributed by atoms with Crippen molar-refractivity contribution in [2.45, 2.75) is 44.6 Å². The van der Waals surface area contributed by atoms with Gasteiger partial charge in [-0.2, -0.15) is 0 Å². The zero-order valence-electron chi connectivity index (χ0n) is 6.78. The van der Waals surface area contributed by atoms with E-state index in [0.29, 0.717) is 5.92 Å². The van der Waals surface area contributed by atoms with Crippen LogP contribution in [-0.2, 0) is 0 Å². The molecule has 1 rings (SSSR count). The van der Waals surface area contributed by atoms with Gasteiger partial charge in [0.1, 0.15) is 7.85 Å². The average molecular weight is 142 g/mol.